The number of rotatable bonds is 2. The van der Waals surface area contributed by atoms with E-state index in [0.717, 1.165) is 23.7 Å². The van der Waals surface area contributed by atoms with Crippen LogP contribution in [0.15, 0.2) is 30.5 Å². The Morgan fingerprint density at radius 2 is 1.96 bits per heavy atom. The van der Waals surface area contributed by atoms with Crippen LogP contribution in [0.1, 0.15) is 16.1 Å². The van der Waals surface area contributed by atoms with Crippen molar-refractivity contribution in [2.45, 2.75) is 6.92 Å². The molecule has 0 radical (unpaired) electrons. The van der Waals surface area contributed by atoms with Crippen LogP contribution in [0.5, 0.6) is 0 Å². The summed E-state index contributed by atoms with van der Waals surface area (Å²) in [5.74, 6) is 0.00962. The number of aryl methyl sites for hydroxylation is 2. The van der Waals surface area contributed by atoms with Crippen molar-refractivity contribution in [3.05, 3.63) is 41.7 Å². The van der Waals surface area contributed by atoms with Crippen molar-refractivity contribution in [3.63, 3.8) is 0 Å². The van der Waals surface area contributed by atoms with Crippen LogP contribution in [0.25, 0.3) is 10.2 Å². The van der Waals surface area contributed by atoms with Crippen LogP contribution in [-0.2, 0) is 7.05 Å². The fraction of sp³-hybridized carbons (Fsp3) is 0.353. The van der Waals surface area contributed by atoms with Gasteiger partial charge in [0.05, 0.1) is 10.2 Å². The molecule has 0 aliphatic carbocycles. The van der Waals surface area contributed by atoms with E-state index in [2.05, 4.69) is 35.1 Å². The minimum Gasteiger partial charge on any atom is -0.345 e. The lowest BCUT2D eigenvalue weighted by atomic mass is 10.2. The first-order chi connectivity index (χ1) is 11.6. The zero-order chi connectivity index (χ0) is 16.7. The molecule has 0 saturated carbocycles. The number of benzene rings is 1. The summed E-state index contributed by atoms with van der Waals surface area (Å²) in [6.07, 6.45) is 1.80. The minimum absolute atomic E-state index is 0.00962. The van der Waals surface area contributed by atoms with Gasteiger partial charge in [-0.1, -0.05) is 23.5 Å². The van der Waals surface area contributed by atoms with Crippen molar-refractivity contribution < 1.29 is 4.79 Å². The van der Waals surface area contributed by atoms with Crippen molar-refractivity contribution in [2.75, 3.05) is 31.1 Å². The van der Waals surface area contributed by atoms with Gasteiger partial charge in [0.25, 0.3) is 5.91 Å². The van der Waals surface area contributed by atoms with E-state index in [4.69, 9.17) is 4.98 Å². The number of thiazole rings is 1. The van der Waals surface area contributed by atoms with E-state index >= 15 is 0 Å². The molecule has 0 N–H and O–H groups in total. The van der Waals surface area contributed by atoms with Gasteiger partial charge >= 0.3 is 0 Å². The largest absolute Gasteiger partial charge is 0.345 e. The van der Waals surface area contributed by atoms with Crippen LogP contribution < -0.4 is 4.90 Å². The second-order valence-electron chi connectivity index (χ2n) is 6.07. The molecular weight excluding hydrogens is 322 g/mol. The highest BCUT2D eigenvalue weighted by atomic mass is 32.1. The first-order valence-corrected chi connectivity index (χ1v) is 8.83. The summed E-state index contributed by atoms with van der Waals surface area (Å²) in [4.78, 5) is 21.4. The second kappa shape index (κ2) is 5.90. The third-order valence-electron chi connectivity index (χ3n) is 4.38. The van der Waals surface area contributed by atoms with Crippen molar-refractivity contribution in [1.29, 1.82) is 0 Å². The number of para-hydroxylation sites is 1. The Kier molecular flexibility index (Phi) is 3.72. The standard InChI is InChI=1S/C17H19N5OS/c1-12-4-3-5-14-15(12)18-17(24-14)22-10-8-21(9-11-22)16(23)13-6-7-20(2)19-13/h3-7H,8-11H2,1-2H3. The molecule has 1 aliphatic heterocycles. The fourth-order valence-corrected chi connectivity index (χ4v) is 4.10. The third kappa shape index (κ3) is 2.65. The first-order valence-electron chi connectivity index (χ1n) is 8.02. The highest BCUT2D eigenvalue weighted by molar-refractivity contribution is 7.22. The van der Waals surface area contributed by atoms with Gasteiger partial charge in [-0.05, 0) is 24.6 Å². The van der Waals surface area contributed by atoms with E-state index in [0.29, 0.717) is 18.8 Å². The predicted octanol–water partition coefficient (Wildman–Crippen LogP) is 2.30. The van der Waals surface area contributed by atoms with Crippen molar-refractivity contribution >= 4 is 32.6 Å². The number of piperazine rings is 1. The molecular formula is C17H19N5OS. The Hall–Kier alpha value is -2.41. The maximum atomic E-state index is 12.5. The van der Waals surface area contributed by atoms with Gasteiger partial charge in [0.1, 0.15) is 5.69 Å². The molecule has 4 rings (SSSR count). The molecule has 3 aromatic rings. The van der Waals surface area contributed by atoms with Gasteiger partial charge in [0, 0.05) is 39.4 Å². The lowest BCUT2D eigenvalue weighted by Gasteiger charge is -2.34. The summed E-state index contributed by atoms with van der Waals surface area (Å²) in [5.41, 5.74) is 2.81. The summed E-state index contributed by atoms with van der Waals surface area (Å²) in [6, 6.07) is 8.05. The van der Waals surface area contributed by atoms with Gasteiger partial charge in [0.2, 0.25) is 0 Å². The number of hydrogen-bond acceptors (Lipinski definition) is 5. The van der Waals surface area contributed by atoms with Crippen LogP contribution in [0.2, 0.25) is 0 Å². The first kappa shape index (κ1) is 15.1. The van der Waals surface area contributed by atoms with E-state index in [1.165, 1.54) is 10.3 Å². The maximum absolute atomic E-state index is 12.5. The molecule has 0 bridgehead atoms. The Bertz CT molecular complexity index is 891. The topological polar surface area (TPSA) is 54.3 Å². The maximum Gasteiger partial charge on any atom is 0.274 e. The average Bonchev–Trinajstić information content (AvgIpc) is 3.21. The summed E-state index contributed by atoms with van der Waals surface area (Å²) in [7, 11) is 1.82. The molecule has 0 atom stereocenters. The van der Waals surface area contributed by atoms with Crippen molar-refractivity contribution in [2.24, 2.45) is 7.05 Å². The minimum atomic E-state index is 0.00962. The van der Waals surface area contributed by atoms with E-state index in [9.17, 15) is 4.79 Å². The number of anilines is 1. The zero-order valence-electron chi connectivity index (χ0n) is 13.8. The lowest BCUT2D eigenvalue weighted by molar-refractivity contribution is 0.0740. The van der Waals surface area contributed by atoms with Gasteiger partial charge in [-0.15, -0.1) is 0 Å². The molecule has 0 spiro atoms. The number of aromatic nitrogens is 3. The lowest BCUT2D eigenvalue weighted by Crippen LogP contribution is -2.48. The average molecular weight is 341 g/mol. The third-order valence-corrected chi connectivity index (χ3v) is 5.46. The highest BCUT2D eigenvalue weighted by Gasteiger charge is 2.25. The molecule has 124 valence electrons. The Balaban J connectivity index is 1.47. The highest BCUT2D eigenvalue weighted by Crippen LogP contribution is 2.31. The molecule has 1 saturated heterocycles. The van der Waals surface area contributed by atoms with Crippen LogP contribution in [0, 0.1) is 6.92 Å². The molecule has 2 aromatic heterocycles. The van der Waals surface area contributed by atoms with Gasteiger partial charge in [0.15, 0.2) is 5.13 Å². The zero-order valence-corrected chi connectivity index (χ0v) is 14.6. The van der Waals surface area contributed by atoms with E-state index < -0.39 is 0 Å². The van der Waals surface area contributed by atoms with Crippen LogP contribution in [0.4, 0.5) is 5.13 Å². The van der Waals surface area contributed by atoms with Crippen LogP contribution in [0.3, 0.4) is 0 Å². The second-order valence-corrected chi connectivity index (χ2v) is 7.08. The number of amides is 1. The quantitative estimate of drug-likeness (QED) is 0.718. The Labute approximate surface area is 144 Å². The van der Waals surface area contributed by atoms with Gasteiger partial charge in [-0.25, -0.2) is 4.98 Å². The molecule has 1 aromatic carbocycles. The molecule has 7 heteroatoms. The molecule has 1 aliphatic rings. The van der Waals surface area contributed by atoms with Crippen molar-refractivity contribution in [1.82, 2.24) is 19.7 Å². The molecule has 24 heavy (non-hydrogen) atoms. The molecule has 6 nitrogen and oxygen atoms in total. The van der Waals surface area contributed by atoms with Crippen LogP contribution in [-0.4, -0.2) is 51.8 Å². The monoisotopic (exact) mass is 341 g/mol. The number of nitrogens with zero attached hydrogens (tertiary/aromatic N) is 5. The van der Waals surface area contributed by atoms with Gasteiger partial charge in [-0.2, -0.15) is 5.10 Å². The predicted molar refractivity (Wildman–Crippen MR) is 95.7 cm³/mol. The van der Waals surface area contributed by atoms with E-state index in [-0.39, 0.29) is 5.91 Å². The summed E-state index contributed by atoms with van der Waals surface area (Å²) < 4.78 is 2.88. The molecule has 1 amide bonds. The normalized spacial score (nSPS) is 15.2. The number of carbonyl (C=O) groups excluding carboxylic acids is 1. The smallest absolute Gasteiger partial charge is 0.274 e. The van der Waals surface area contributed by atoms with E-state index in [1.54, 1.807) is 28.3 Å². The summed E-state index contributed by atoms with van der Waals surface area (Å²) >= 11 is 1.72. The molecule has 1 fully saturated rings. The van der Waals surface area contributed by atoms with Gasteiger partial charge < -0.3 is 9.80 Å². The summed E-state index contributed by atoms with van der Waals surface area (Å²) in [6.45, 7) is 5.10. The Morgan fingerprint density at radius 1 is 1.17 bits per heavy atom. The number of hydrogen-bond donors (Lipinski definition) is 0. The summed E-state index contributed by atoms with van der Waals surface area (Å²) in [5, 5.41) is 5.25. The van der Waals surface area contributed by atoms with Crippen LogP contribution >= 0.6 is 11.3 Å². The number of carbonyl (C=O) groups is 1. The Morgan fingerprint density at radius 3 is 2.62 bits per heavy atom. The van der Waals surface area contributed by atoms with Gasteiger partial charge in [-0.3, -0.25) is 9.48 Å². The fourth-order valence-electron chi connectivity index (χ4n) is 3.00. The SMILES string of the molecule is Cc1cccc2sc(N3CCN(C(=O)c4ccn(C)n4)CC3)nc12. The van der Waals surface area contributed by atoms with Crippen molar-refractivity contribution in [3.8, 4) is 0 Å². The number of fused-ring (bicyclic) bond motifs is 1. The molecule has 3 heterocycles. The molecule has 0 unspecified atom stereocenters. The van der Waals surface area contributed by atoms with E-state index in [1.807, 2.05) is 11.9 Å².